The summed E-state index contributed by atoms with van der Waals surface area (Å²) in [5.74, 6) is 0. The van der Waals surface area contributed by atoms with Crippen molar-refractivity contribution in [1.82, 2.24) is 0 Å². The Bertz CT molecular complexity index is 295. The van der Waals surface area contributed by atoms with Crippen molar-refractivity contribution in [3.63, 3.8) is 0 Å². The molecular formula is C7H4Br2Cl2S. The molecule has 0 saturated heterocycles. The van der Waals surface area contributed by atoms with Crippen molar-refractivity contribution in [3.8, 4) is 0 Å². The minimum Gasteiger partial charge on any atom is -0.111 e. The SMILES string of the molecule is Clc1sc(Cl)c2c1[C@@H](Br)C[C@@H]2Br. The Labute approximate surface area is 102 Å². The first-order chi connectivity index (χ1) is 5.61. The van der Waals surface area contributed by atoms with Gasteiger partial charge >= 0.3 is 0 Å². The van der Waals surface area contributed by atoms with Crippen LogP contribution in [0.1, 0.15) is 27.2 Å². The molecule has 5 heteroatoms. The van der Waals surface area contributed by atoms with Gasteiger partial charge < -0.3 is 0 Å². The molecule has 12 heavy (non-hydrogen) atoms. The van der Waals surface area contributed by atoms with Crippen LogP contribution < -0.4 is 0 Å². The Balaban J connectivity index is 2.62. The Morgan fingerprint density at radius 3 is 1.92 bits per heavy atom. The van der Waals surface area contributed by atoms with Gasteiger partial charge in [0.15, 0.2) is 0 Å². The number of hydrogen-bond donors (Lipinski definition) is 0. The van der Waals surface area contributed by atoms with Gasteiger partial charge in [-0.3, -0.25) is 0 Å². The van der Waals surface area contributed by atoms with Crippen LogP contribution in [-0.4, -0.2) is 0 Å². The number of fused-ring (bicyclic) bond motifs is 1. The zero-order valence-electron chi connectivity index (χ0n) is 5.78. The molecule has 0 N–H and O–H groups in total. The van der Waals surface area contributed by atoms with E-state index >= 15 is 0 Å². The highest BCUT2D eigenvalue weighted by molar-refractivity contribution is 9.10. The summed E-state index contributed by atoms with van der Waals surface area (Å²) >= 11 is 20.7. The van der Waals surface area contributed by atoms with E-state index < -0.39 is 0 Å². The van der Waals surface area contributed by atoms with Gasteiger partial charge in [-0.05, 0) is 6.42 Å². The molecule has 0 fully saturated rings. The molecule has 1 aliphatic carbocycles. The van der Waals surface area contributed by atoms with Crippen molar-refractivity contribution in [2.24, 2.45) is 0 Å². The molecule has 2 atom stereocenters. The number of alkyl halides is 2. The molecule has 1 aromatic heterocycles. The summed E-state index contributed by atoms with van der Waals surface area (Å²) in [5.41, 5.74) is 2.35. The zero-order chi connectivity index (χ0) is 8.88. The predicted octanol–water partition coefficient (Wildman–Crippen LogP) is 5.33. The van der Waals surface area contributed by atoms with Crippen LogP contribution in [-0.2, 0) is 0 Å². The van der Waals surface area contributed by atoms with Gasteiger partial charge in [-0.15, -0.1) is 11.3 Å². The minimum absolute atomic E-state index is 0.355. The molecule has 0 aromatic carbocycles. The Kier molecular flexibility index (Phi) is 2.79. The highest BCUT2D eigenvalue weighted by atomic mass is 79.9. The standard InChI is InChI=1S/C7H4Br2Cl2S/c8-2-1-3(9)5-4(2)6(10)12-7(5)11/h2-3H,1H2/t2-,3-/m0/s1. The van der Waals surface area contributed by atoms with E-state index in [2.05, 4.69) is 31.9 Å². The minimum atomic E-state index is 0.355. The summed E-state index contributed by atoms with van der Waals surface area (Å²) in [6, 6.07) is 0. The van der Waals surface area contributed by atoms with Gasteiger partial charge in [0.25, 0.3) is 0 Å². The fourth-order valence-electron chi connectivity index (χ4n) is 1.40. The Morgan fingerprint density at radius 2 is 1.50 bits per heavy atom. The Hall–Kier alpha value is 1.24. The maximum absolute atomic E-state index is 6.03. The maximum atomic E-state index is 6.03. The normalized spacial score (nSPS) is 27.7. The van der Waals surface area contributed by atoms with Crippen LogP contribution in [0.15, 0.2) is 0 Å². The van der Waals surface area contributed by atoms with E-state index in [1.54, 1.807) is 0 Å². The highest BCUT2D eigenvalue weighted by Crippen LogP contribution is 2.56. The first-order valence-corrected chi connectivity index (χ1v) is 6.77. The number of halogens is 4. The summed E-state index contributed by atoms with van der Waals surface area (Å²) in [5, 5.41) is 0. The predicted molar refractivity (Wildman–Crippen MR) is 62.3 cm³/mol. The molecule has 0 radical (unpaired) electrons. The average molecular weight is 351 g/mol. The summed E-state index contributed by atoms with van der Waals surface area (Å²) in [7, 11) is 0. The van der Waals surface area contributed by atoms with Crippen LogP contribution in [0.2, 0.25) is 8.67 Å². The van der Waals surface area contributed by atoms with Gasteiger partial charge in [-0.25, -0.2) is 0 Å². The molecule has 0 nitrogen and oxygen atoms in total. The lowest BCUT2D eigenvalue weighted by molar-refractivity contribution is 0.895. The van der Waals surface area contributed by atoms with Gasteiger partial charge in [0.2, 0.25) is 0 Å². The van der Waals surface area contributed by atoms with E-state index in [1.165, 1.54) is 22.5 Å². The number of hydrogen-bond acceptors (Lipinski definition) is 1. The Morgan fingerprint density at radius 1 is 1.08 bits per heavy atom. The van der Waals surface area contributed by atoms with Crippen LogP contribution in [0.25, 0.3) is 0 Å². The average Bonchev–Trinajstić information content (AvgIpc) is 2.38. The number of rotatable bonds is 0. The zero-order valence-corrected chi connectivity index (χ0v) is 11.3. The van der Waals surface area contributed by atoms with Crippen LogP contribution in [0.3, 0.4) is 0 Å². The third kappa shape index (κ3) is 1.38. The molecule has 1 heterocycles. The summed E-state index contributed by atoms with van der Waals surface area (Å²) in [6.07, 6.45) is 1.03. The first kappa shape index (κ1) is 9.78. The molecular weight excluding hydrogens is 347 g/mol. The maximum Gasteiger partial charge on any atom is 0.0990 e. The third-order valence-electron chi connectivity index (χ3n) is 1.93. The fraction of sp³-hybridized carbons (Fsp3) is 0.429. The second-order valence-corrected chi connectivity index (χ2v) is 7.08. The highest BCUT2D eigenvalue weighted by Gasteiger charge is 2.33. The molecule has 0 aliphatic heterocycles. The molecule has 66 valence electrons. The van der Waals surface area contributed by atoms with E-state index in [4.69, 9.17) is 23.2 Å². The molecule has 1 aromatic rings. The third-order valence-corrected chi connectivity index (χ3v) is 5.26. The second-order valence-electron chi connectivity index (χ2n) is 2.65. The molecule has 0 spiro atoms. The van der Waals surface area contributed by atoms with Crippen LogP contribution in [0, 0.1) is 0 Å². The molecule has 0 amide bonds. The molecule has 0 bridgehead atoms. The van der Waals surface area contributed by atoms with Crippen LogP contribution in [0.4, 0.5) is 0 Å². The van der Waals surface area contributed by atoms with Crippen LogP contribution in [0.5, 0.6) is 0 Å². The van der Waals surface area contributed by atoms with Gasteiger partial charge in [0, 0.05) is 20.8 Å². The quantitative estimate of drug-likeness (QED) is 0.555. The fourth-order valence-corrected chi connectivity index (χ4v) is 6.10. The molecule has 0 unspecified atom stereocenters. The van der Waals surface area contributed by atoms with Crippen LogP contribution >= 0.6 is 66.4 Å². The van der Waals surface area contributed by atoms with E-state index in [0.717, 1.165) is 15.1 Å². The van der Waals surface area contributed by atoms with Crippen molar-refractivity contribution in [2.45, 2.75) is 16.1 Å². The lowest BCUT2D eigenvalue weighted by Crippen LogP contribution is -1.78. The van der Waals surface area contributed by atoms with Gasteiger partial charge in [0.1, 0.15) is 0 Å². The van der Waals surface area contributed by atoms with E-state index in [9.17, 15) is 0 Å². The summed E-state index contributed by atoms with van der Waals surface area (Å²) in [4.78, 5) is 0.709. The smallest absolute Gasteiger partial charge is 0.0990 e. The monoisotopic (exact) mass is 348 g/mol. The number of thiophene rings is 1. The summed E-state index contributed by atoms with van der Waals surface area (Å²) in [6.45, 7) is 0. The molecule has 1 aliphatic rings. The van der Waals surface area contributed by atoms with E-state index in [1.807, 2.05) is 0 Å². The largest absolute Gasteiger partial charge is 0.111 e. The summed E-state index contributed by atoms with van der Waals surface area (Å²) < 4.78 is 1.64. The topological polar surface area (TPSA) is 0 Å². The van der Waals surface area contributed by atoms with Crippen molar-refractivity contribution in [2.75, 3.05) is 0 Å². The van der Waals surface area contributed by atoms with Gasteiger partial charge in [0.05, 0.1) is 8.67 Å². The van der Waals surface area contributed by atoms with Crippen molar-refractivity contribution < 1.29 is 0 Å². The van der Waals surface area contributed by atoms with Crippen molar-refractivity contribution in [1.29, 1.82) is 0 Å². The molecule has 2 rings (SSSR count). The van der Waals surface area contributed by atoms with Gasteiger partial charge in [-0.1, -0.05) is 55.1 Å². The lowest BCUT2D eigenvalue weighted by atomic mass is 10.2. The van der Waals surface area contributed by atoms with E-state index in [0.29, 0.717) is 9.65 Å². The lowest BCUT2D eigenvalue weighted by Gasteiger charge is -1.99. The second kappa shape index (κ2) is 3.43. The molecule has 0 saturated carbocycles. The van der Waals surface area contributed by atoms with Crippen molar-refractivity contribution in [3.05, 3.63) is 19.8 Å². The first-order valence-electron chi connectivity index (χ1n) is 3.37. The van der Waals surface area contributed by atoms with Crippen molar-refractivity contribution >= 4 is 66.4 Å². The van der Waals surface area contributed by atoms with E-state index in [-0.39, 0.29) is 0 Å². The van der Waals surface area contributed by atoms with Gasteiger partial charge in [-0.2, -0.15) is 0 Å².